The van der Waals surface area contributed by atoms with Crippen LogP contribution >= 0.6 is 0 Å². The Hall–Kier alpha value is -2.21. The molecule has 3 aromatic heterocycles. The summed E-state index contributed by atoms with van der Waals surface area (Å²) < 4.78 is 2.02. The number of pyridine rings is 1. The van der Waals surface area contributed by atoms with Gasteiger partial charge in [-0.1, -0.05) is 6.07 Å². The predicted molar refractivity (Wildman–Crippen MR) is 71.7 cm³/mol. The molecule has 1 unspecified atom stereocenters. The second-order valence-corrected chi connectivity index (χ2v) is 4.48. The minimum absolute atomic E-state index is 0.252. The van der Waals surface area contributed by atoms with E-state index in [-0.39, 0.29) is 6.04 Å². The fourth-order valence-electron chi connectivity index (χ4n) is 2.08. The first-order valence-corrected chi connectivity index (χ1v) is 6.36. The van der Waals surface area contributed by atoms with Crippen LogP contribution in [0, 0.1) is 0 Å². The number of rotatable bonds is 5. The molecule has 6 nitrogen and oxygen atoms in total. The summed E-state index contributed by atoms with van der Waals surface area (Å²) in [4.78, 5) is 0. The average molecular weight is 256 g/mol. The van der Waals surface area contributed by atoms with E-state index in [9.17, 15) is 0 Å². The SMILES string of the molecule is CC(NCCc1nnc2ccccn12)c1ccn[nH]1. The molecule has 6 heteroatoms. The third-order valence-electron chi connectivity index (χ3n) is 3.17. The molecule has 0 amide bonds. The average Bonchev–Trinajstić information content (AvgIpc) is 3.08. The van der Waals surface area contributed by atoms with E-state index in [1.165, 1.54) is 0 Å². The van der Waals surface area contributed by atoms with E-state index in [0.717, 1.165) is 30.1 Å². The number of aromatic amines is 1. The molecule has 0 radical (unpaired) electrons. The normalized spacial score (nSPS) is 12.9. The number of fused-ring (bicyclic) bond motifs is 1. The quantitative estimate of drug-likeness (QED) is 0.723. The van der Waals surface area contributed by atoms with Crippen molar-refractivity contribution in [3.63, 3.8) is 0 Å². The van der Waals surface area contributed by atoms with Gasteiger partial charge in [-0.2, -0.15) is 5.10 Å². The summed E-state index contributed by atoms with van der Waals surface area (Å²) in [6.07, 6.45) is 4.59. The lowest BCUT2D eigenvalue weighted by molar-refractivity contribution is 0.556. The van der Waals surface area contributed by atoms with Gasteiger partial charge in [-0.15, -0.1) is 10.2 Å². The Kier molecular flexibility index (Phi) is 3.24. The third-order valence-corrected chi connectivity index (χ3v) is 3.17. The Morgan fingerprint density at radius 1 is 1.32 bits per heavy atom. The van der Waals surface area contributed by atoms with Crippen LogP contribution in [0.15, 0.2) is 36.7 Å². The molecule has 3 aromatic rings. The first-order valence-electron chi connectivity index (χ1n) is 6.36. The Labute approximate surface area is 110 Å². The van der Waals surface area contributed by atoms with E-state index in [4.69, 9.17) is 0 Å². The van der Waals surface area contributed by atoms with Gasteiger partial charge < -0.3 is 5.32 Å². The van der Waals surface area contributed by atoms with Crippen molar-refractivity contribution in [1.82, 2.24) is 30.1 Å². The fraction of sp³-hybridized carbons (Fsp3) is 0.308. The van der Waals surface area contributed by atoms with Gasteiger partial charge >= 0.3 is 0 Å². The molecular weight excluding hydrogens is 240 g/mol. The van der Waals surface area contributed by atoms with Crippen molar-refractivity contribution in [2.45, 2.75) is 19.4 Å². The molecule has 1 atom stereocenters. The molecule has 0 saturated heterocycles. The second kappa shape index (κ2) is 5.19. The predicted octanol–water partition coefficient (Wildman–Crippen LogP) is 1.35. The van der Waals surface area contributed by atoms with Crippen molar-refractivity contribution in [2.24, 2.45) is 0 Å². The Bertz CT molecular complexity index is 642. The molecule has 98 valence electrons. The van der Waals surface area contributed by atoms with E-state index in [0.29, 0.717) is 0 Å². The van der Waals surface area contributed by atoms with Gasteiger partial charge in [0.15, 0.2) is 5.65 Å². The molecule has 0 aliphatic rings. The van der Waals surface area contributed by atoms with Crippen LogP contribution < -0.4 is 5.32 Å². The zero-order chi connectivity index (χ0) is 13.1. The van der Waals surface area contributed by atoms with Gasteiger partial charge in [0.05, 0.1) is 5.69 Å². The number of aromatic nitrogens is 5. The fourth-order valence-corrected chi connectivity index (χ4v) is 2.08. The minimum Gasteiger partial charge on any atom is -0.308 e. The van der Waals surface area contributed by atoms with Gasteiger partial charge in [0.2, 0.25) is 0 Å². The minimum atomic E-state index is 0.252. The summed E-state index contributed by atoms with van der Waals surface area (Å²) in [6.45, 7) is 2.95. The summed E-state index contributed by atoms with van der Waals surface area (Å²) >= 11 is 0. The summed E-state index contributed by atoms with van der Waals surface area (Å²) in [5.74, 6) is 0.972. The molecule has 0 bridgehead atoms. The first kappa shape index (κ1) is 11.9. The molecule has 0 aliphatic carbocycles. The number of H-pyrrole nitrogens is 1. The first-order chi connectivity index (χ1) is 9.34. The highest BCUT2D eigenvalue weighted by atomic mass is 15.2. The van der Waals surface area contributed by atoms with Crippen molar-refractivity contribution >= 4 is 5.65 Å². The molecule has 0 aromatic carbocycles. The van der Waals surface area contributed by atoms with Gasteiger partial charge in [0.1, 0.15) is 5.82 Å². The zero-order valence-corrected chi connectivity index (χ0v) is 10.7. The maximum absolute atomic E-state index is 4.21. The summed E-state index contributed by atoms with van der Waals surface area (Å²) in [5, 5.41) is 18.7. The highest BCUT2D eigenvalue weighted by Crippen LogP contribution is 2.08. The number of hydrogen-bond acceptors (Lipinski definition) is 4. The van der Waals surface area contributed by atoms with Gasteiger partial charge in [-0.25, -0.2) is 0 Å². The molecule has 19 heavy (non-hydrogen) atoms. The van der Waals surface area contributed by atoms with Crippen molar-refractivity contribution in [2.75, 3.05) is 6.54 Å². The van der Waals surface area contributed by atoms with E-state index in [2.05, 4.69) is 32.6 Å². The largest absolute Gasteiger partial charge is 0.308 e. The molecule has 3 rings (SSSR count). The third kappa shape index (κ3) is 2.48. The Morgan fingerprint density at radius 3 is 3.11 bits per heavy atom. The molecule has 3 heterocycles. The van der Waals surface area contributed by atoms with Crippen LogP contribution in [0.5, 0.6) is 0 Å². The molecular formula is C13H16N6. The van der Waals surface area contributed by atoms with Crippen LogP contribution in [0.1, 0.15) is 24.5 Å². The maximum atomic E-state index is 4.21. The zero-order valence-electron chi connectivity index (χ0n) is 10.7. The highest BCUT2D eigenvalue weighted by molar-refractivity contribution is 5.36. The monoisotopic (exact) mass is 256 g/mol. The molecule has 0 fully saturated rings. The van der Waals surface area contributed by atoms with E-state index >= 15 is 0 Å². The number of nitrogens with zero attached hydrogens (tertiary/aromatic N) is 4. The summed E-state index contributed by atoms with van der Waals surface area (Å²) in [7, 11) is 0. The van der Waals surface area contributed by atoms with E-state index in [1.54, 1.807) is 6.20 Å². The van der Waals surface area contributed by atoms with Gasteiger partial charge in [-0.3, -0.25) is 9.50 Å². The van der Waals surface area contributed by atoms with Crippen LogP contribution in [0.2, 0.25) is 0 Å². The van der Waals surface area contributed by atoms with Crippen molar-refractivity contribution in [3.8, 4) is 0 Å². The Balaban J connectivity index is 1.61. The van der Waals surface area contributed by atoms with Crippen LogP contribution in [0.3, 0.4) is 0 Å². The smallest absolute Gasteiger partial charge is 0.160 e. The topological polar surface area (TPSA) is 70.9 Å². The van der Waals surface area contributed by atoms with Crippen LogP contribution in [-0.2, 0) is 6.42 Å². The van der Waals surface area contributed by atoms with E-state index < -0.39 is 0 Å². The number of nitrogens with one attached hydrogen (secondary N) is 2. The maximum Gasteiger partial charge on any atom is 0.160 e. The van der Waals surface area contributed by atoms with Crippen molar-refractivity contribution < 1.29 is 0 Å². The van der Waals surface area contributed by atoms with E-state index in [1.807, 2.05) is 34.9 Å². The second-order valence-electron chi connectivity index (χ2n) is 4.48. The lowest BCUT2D eigenvalue weighted by Crippen LogP contribution is -2.22. The van der Waals surface area contributed by atoms with Crippen LogP contribution in [-0.4, -0.2) is 31.3 Å². The van der Waals surface area contributed by atoms with Gasteiger partial charge in [0, 0.05) is 31.4 Å². The van der Waals surface area contributed by atoms with Crippen molar-refractivity contribution in [3.05, 3.63) is 48.2 Å². The lowest BCUT2D eigenvalue weighted by atomic mass is 10.2. The summed E-state index contributed by atoms with van der Waals surface area (Å²) in [6, 6.07) is 8.13. The van der Waals surface area contributed by atoms with Gasteiger partial charge in [0.25, 0.3) is 0 Å². The highest BCUT2D eigenvalue weighted by Gasteiger charge is 2.07. The van der Waals surface area contributed by atoms with Crippen LogP contribution in [0.25, 0.3) is 5.65 Å². The van der Waals surface area contributed by atoms with Crippen LogP contribution in [0.4, 0.5) is 0 Å². The summed E-state index contributed by atoms with van der Waals surface area (Å²) in [5.41, 5.74) is 1.98. The molecule has 2 N–H and O–H groups in total. The molecule has 0 saturated carbocycles. The number of hydrogen-bond donors (Lipinski definition) is 2. The lowest BCUT2D eigenvalue weighted by Gasteiger charge is -2.11. The standard InChI is InChI=1S/C13H16N6/c1-10(11-5-8-15-16-11)14-7-6-13-18-17-12-4-2-3-9-19(12)13/h2-5,8-10,14H,6-7H2,1H3,(H,15,16). The molecule has 0 spiro atoms. The van der Waals surface area contributed by atoms with Gasteiger partial charge in [-0.05, 0) is 25.1 Å². The Morgan fingerprint density at radius 2 is 2.26 bits per heavy atom. The van der Waals surface area contributed by atoms with Crippen molar-refractivity contribution in [1.29, 1.82) is 0 Å². The molecule has 0 aliphatic heterocycles.